The highest BCUT2D eigenvalue weighted by molar-refractivity contribution is 7.99. The van der Waals surface area contributed by atoms with E-state index < -0.39 is 0 Å². The Morgan fingerprint density at radius 3 is 2.59 bits per heavy atom. The monoisotopic (exact) mass is 264 g/mol. The maximum atomic E-state index is 6.09. The molecule has 0 radical (unpaired) electrons. The van der Waals surface area contributed by atoms with Gasteiger partial charge < -0.3 is 5.73 Å². The molecule has 0 fully saturated rings. The van der Waals surface area contributed by atoms with Crippen LogP contribution in [0.3, 0.4) is 0 Å². The minimum atomic E-state index is 0.184. The molecule has 1 aromatic heterocycles. The van der Waals surface area contributed by atoms with Crippen molar-refractivity contribution in [2.24, 2.45) is 5.73 Å². The molecule has 0 saturated heterocycles. The van der Waals surface area contributed by atoms with Crippen LogP contribution in [0.25, 0.3) is 0 Å². The van der Waals surface area contributed by atoms with Crippen LogP contribution in [-0.2, 0) is 0 Å². The van der Waals surface area contributed by atoms with Gasteiger partial charge in [-0.05, 0) is 17.7 Å². The topological polar surface area (TPSA) is 38.9 Å². The SMILES string of the molecule is NCC(Sc1ncccc1Cl)c1ccccc1. The molecule has 4 heteroatoms. The second kappa shape index (κ2) is 6.05. The van der Waals surface area contributed by atoms with Crippen LogP contribution in [-0.4, -0.2) is 11.5 Å². The van der Waals surface area contributed by atoms with Gasteiger partial charge in [-0.1, -0.05) is 53.7 Å². The van der Waals surface area contributed by atoms with Crippen molar-refractivity contribution in [1.29, 1.82) is 0 Å². The fraction of sp³-hybridized carbons (Fsp3) is 0.154. The van der Waals surface area contributed by atoms with E-state index in [2.05, 4.69) is 17.1 Å². The van der Waals surface area contributed by atoms with E-state index in [9.17, 15) is 0 Å². The van der Waals surface area contributed by atoms with Gasteiger partial charge in [0.2, 0.25) is 0 Å². The van der Waals surface area contributed by atoms with Crippen LogP contribution in [0.5, 0.6) is 0 Å². The van der Waals surface area contributed by atoms with E-state index >= 15 is 0 Å². The first-order chi connectivity index (χ1) is 8.31. The fourth-order valence-electron chi connectivity index (χ4n) is 1.51. The van der Waals surface area contributed by atoms with Gasteiger partial charge in [-0.2, -0.15) is 0 Å². The molecule has 0 aliphatic carbocycles. The number of hydrogen-bond donors (Lipinski definition) is 1. The molecule has 88 valence electrons. The lowest BCUT2D eigenvalue weighted by Gasteiger charge is -2.14. The van der Waals surface area contributed by atoms with Crippen LogP contribution in [0, 0.1) is 0 Å². The summed E-state index contributed by atoms with van der Waals surface area (Å²) in [6.07, 6.45) is 1.74. The minimum absolute atomic E-state index is 0.184. The van der Waals surface area contributed by atoms with E-state index in [0.717, 1.165) is 5.03 Å². The Morgan fingerprint density at radius 1 is 1.18 bits per heavy atom. The lowest BCUT2D eigenvalue weighted by atomic mass is 10.1. The molecule has 2 N–H and O–H groups in total. The first kappa shape index (κ1) is 12.4. The smallest absolute Gasteiger partial charge is 0.115 e. The summed E-state index contributed by atoms with van der Waals surface area (Å²) in [6, 6.07) is 13.8. The van der Waals surface area contributed by atoms with Crippen molar-refractivity contribution in [3.63, 3.8) is 0 Å². The van der Waals surface area contributed by atoms with Crippen LogP contribution in [0.4, 0.5) is 0 Å². The molecule has 0 saturated carbocycles. The number of hydrogen-bond acceptors (Lipinski definition) is 3. The molecule has 1 unspecified atom stereocenters. The molecule has 1 heterocycles. The fourth-order valence-corrected chi connectivity index (χ4v) is 2.73. The lowest BCUT2D eigenvalue weighted by molar-refractivity contribution is 0.935. The van der Waals surface area contributed by atoms with Gasteiger partial charge in [-0.3, -0.25) is 0 Å². The number of aromatic nitrogens is 1. The summed E-state index contributed by atoms with van der Waals surface area (Å²) in [7, 11) is 0. The van der Waals surface area contributed by atoms with Crippen molar-refractivity contribution in [3.8, 4) is 0 Å². The molecule has 2 rings (SSSR count). The second-order valence-corrected chi connectivity index (χ2v) is 5.14. The summed E-state index contributed by atoms with van der Waals surface area (Å²) in [4.78, 5) is 4.27. The summed E-state index contributed by atoms with van der Waals surface area (Å²) in [5, 5.41) is 1.68. The van der Waals surface area contributed by atoms with Gasteiger partial charge in [0.15, 0.2) is 0 Å². The minimum Gasteiger partial charge on any atom is -0.329 e. The number of halogens is 1. The molecule has 1 aromatic carbocycles. The van der Waals surface area contributed by atoms with Crippen molar-refractivity contribution in [1.82, 2.24) is 4.98 Å². The summed E-state index contributed by atoms with van der Waals surface area (Å²) < 4.78 is 0. The number of thioether (sulfide) groups is 1. The zero-order valence-corrected chi connectivity index (χ0v) is 10.8. The molecule has 0 aliphatic heterocycles. The average Bonchev–Trinajstić information content (AvgIpc) is 2.39. The summed E-state index contributed by atoms with van der Waals surface area (Å²) >= 11 is 7.69. The summed E-state index contributed by atoms with van der Waals surface area (Å²) in [5.74, 6) is 0. The van der Waals surface area contributed by atoms with Crippen molar-refractivity contribution in [2.45, 2.75) is 10.3 Å². The van der Waals surface area contributed by atoms with Crippen LogP contribution >= 0.6 is 23.4 Å². The number of nitrogens with two attached hydrogens (primary N) is 1. The average molecular weight is 265 g/mol. The Kier molecular flexibility index (Phi) is 4.42. The lowest BCUT2D eigenvalue weighted by Crippen LogP contribution is -2.09. The highest BCUT2D eigenvalue weighted by Crippen LogP contribution is 2.36. The van der Waals surface area contributed by atoms with Gasteiger partial charge in [0.05, 0.1) is 5.02 Å². The number of rotatable bonds is 4. The Hall–Kier alpha value is -1.03. The van der Waals surface area contributed by atoms with Crippen molar-refractivity contribution in [3.05, 3.63) is 59.2 Å². The predicted octanol–water partition coefficient (Wildman–Crippen LogP) is 3.53. The van der Waals surface area contributed by atoms with E-state index in [0.29, 0.717) is 11.6 Å². The number of benzene rings is 1. The van der Waals surface area contributed by atoms with Crippen LogP contribution in [0.2, 0.25) is 5.02 Å². The second-order valence-electron chi connectivity index (χ2n) is 3.54. The molecular formula is C13H13ClN2S. The molecule has 2 aromatic rings. The Bertz CT molecular complexity index is 476. The van der Waals surface area contributed by atoms with Gasteiger partial charge in [0, 0.05) is 18.0 Å². The molecule has 0 spiro atoms. The maximum absolute atomic E-state index is 6.09. The third kappa shape index (κ3) is 3.22. The van der Waals surface area contributed by atoms with Crippen LogP contribution in [0.1, 0.15) is 10.8 Å². The van der Waals surface area contributed by atoms with Crippen LogP contribution in [0.15, 0.2) is 53.7 Å². The van der Waals surface area contributed by atoms with Crippen molar-refractivity contribution >= 4 is 23.4 Å². The largest absolute Gasteiger partial charge is 0.329 e. The normalized spacial score (nSPS) is 12.4. The highest BCUT2D eigenvalue weighted by Gasteiger charge is 2.13. The Morgan fingerprint density at radius 2 is 1.94 bits per heavy atom. The van der Waals surface area contributed by atoms with Crippen molar-refractivity contribution < 1.29 is 0 Å². The molecule has 0 aliphatic rings. The zero-order valence-electron chi connectivity index (χ0n) is 9.21. The van der Waals surface area contributed by atoms with E-state index in [1.54, 1.807) is 18.0 Å². The van der Waals surface area contributed by atoms with E-state index in [4.69, 9.17) is 17.3 Å². The number of nitrogens with zero attached hydrogens (tertiary/aromatic N) is 1. The van der Waals surface area contributed by atoms with Gasteiger partial charge >= 0.3 is 0 Å². The molecular weight excluding hydrogens is 252 g/mol. The quantitative estimate of drug-likeness (QED) is 0.859. The summed E-state index contributed by atoms with van der Waals surface area (Å²) in [6.45, 7) is 0.557. The first-order valence-corrected chi connectivity index (χ1v) is 6.59. The molecule has 0 amide bonds. The molecule has 1 atom stereocenters. The van der Waals surface area contributed by atoms with Crippen LogP contribution < -0.4 is 5.73 Å². The van der Waals surface area contributed by atoms with Gasteiger partial charge in [0.25, 0.3) is 0 Å². The third-order valence-corrected chi connectivity index (χ3v) is 4.08. The van der Waals surface area contributed by atoms with Gasteiger partial charge in [-0.15, -0.1) is 0 Å². The van der Waals surface area contributed by atoms with E-state index in [1.807, 2.05) is 30.3 Å². The van der Waals surface area contributed by atoms with Gasteiger partial charge in [-0.25, -0.2) is 4.98 Å². The first-order valence-electron chi connectivity index (χ1n) is 5.33. The Balaban J connectivity index is 2.19. The van der Waals surface area contributed by atoms with E-state index in [1.165, 1.54) is 5.56 Å². The van der Waals surface area contributed by atoms with Crippen molar-refractivity contribution in [2.75, 3.05) is 6.54 Å². The number of pyridine rings is 1. The standard InChI is InChI=1S/C13H13ClN2S/c14-11-7-4-8-16-13(11)17-12(9-15)10-5-2-1-3-6-10/h1-8,12H,9,15H2. The molecule has 17 heavy (non-hydrogen) atoms. The maximum Gasteiger partial charge on any atom is 0.115 e. The Labute approximate surface area is 110 Å². The van der Waals surface area contributed by atoms with Gasteiger partial charge in [0.1, 0.15) is 5.03 Å². The predicted molar refractivity (Wildman–Crippen MR) is 73.3 cm³/mol. The molecule has 2 nitrogen and oxygen atoms in total. The third-order valence-electron chi connectivity index (χ3n) is 2.36. The molecule has 0 bridgehead atoms. The highest BCUT2D eigenvalue weighted by atomic mass is 35.5. The summed E-state index contributed by atoms with van der Waals surface area (Å²) in [5.41, 5.74) is 7.01. The van der Waals surface area contributed by atoms with E-state index in [-0.39, 0.29) is 5.25 Å². The zero-order chi connectivity index (χ0) is 12.1.